The Labute approximate surface area is 138 Å². The van der Waals surface area contributed by atoms with Crippen LogP contribution in [-0.4, -0.2) is 28.0 Å². The van der Waals surface area contributed by atoms with Crippen LogP contribution in [0.25, 0.3) is 0 Å². The summed E-state index contributed by atoms with van der Waals surface area (Å²) in [5.41, 5.74) is 1.38. The number of benzene rings is 1. The molecule has 0 spiro atoms. The summed E-state index contributed by atoms with van der Waals surface area (Å²) in [7, 11) is 0. The summed E-state index contributed by atoms with van der Waals surface area (Å²) in [5.74, 6) is -0.575. The summed E-state index contributed by atoms with van der Waals surface area (Å²) >= 11 is 0. The maximum absolute atomic E-state index is 6.44. The molecule has 0 saturated carbocycles. The van der Waals surface area contributed by atoms with Gasteiger partial charge in [0.2, 0.25) is 0 Å². The monoisotopic (exact) mass is 314 g/mol. The third-order valence-corrected chi connectivity index (χ3v) is 4.44. The molecule has 1 saturated heterocycles. The summed E-state index contributed by atoms with van der Waals surface area (Å²) in [6, 6.07) is 10.5. The van der Waals surface area contributed by atoms with Crippen LogP contribution in [0.5, 0.6) is 0 Å². The highest BCUT2D eigenvalue weighted by Crippen LogP contribution is 2.37. The third-order valence-electron chi connectivity index (χ3n) is 4.44. The number of hydrogen-bond acceptors (Lipinski definition) is 3. The highest BCUT2D eigenvalue weighted by Gasteiger charge is 2.45. The lowest BCUT2D eigenvalue weighted by Gasteiger charge is -2.31. The van der Waals surface area contributed by atoms with Gasteiger partial charge in [-0.15, -0.1) is 0 Å². The van der Waals surface area contributed by atoms with Crippen LogP contribution in [0.15, 0.2) is 49.1 Å². The van der Waals surface area contributed by atoms with Gasteiger partial charge in [-0.25, -0.2) is 4.98 Å². The van der Waals surface area contributed by atoms with Gasteiger partial charge in [-0.1, -0.05) is 51.1 Å². The van der Waals surface area contributed by atoms with Gasteiger partial charge in [-0.2, -0.15) is 0 Å². The molecule has 2 atom stereocenters. The van der Waals surface area contributed by atoms with Crippen LogP contribution in [-0.2, 0) is 22.4 Å². The van der Waals surface area contributed by atoms with E-state index in [4.69, 9.17) is 9.47 Å². The summed E-state index contributed by atoms with van der Waals surface area (Å²) in [5, 5.41) is 0. The maximum Gasteiger partial charge on any atom is 0.187 e. The van der Waals surface area contributed by atoms with Crippen molar-refractivity contribution in [3.63, 3.8) is 0 Å². The fraction of sp³-hybridized carbons (Fsp3) is 0.526. The minimum absolute atomic E-state index is 0.0729. The number of rotatable bonds is 5. The largest absolute Gasteiger partial charge is 0.345 e. The second kappa shape index (κ2) is 6.46. The Morgan fingerprint density at radius 3 is 2.65 bits per heavy atom. The van der Waals surface area contributed by atoms with Gasteiger partial charge in [-0.05, 0) is 17.4 Å². The molecule has 0 amide bonds. The first-order valence-corrected chi connectivity index (χ1v) is 8.28. The molecule has 2 aromatic rings. The van der Waals surface area contributed by atoms with E-state index < -0.39 is 5.79 Å². The first-order chi connectivity index (χ1) is 11.0. The predicted molar refractivity (Wildman–Crippen MR) is 90.0 cm³/mol. The van der Waals surface area contributed by atoms with Crippen LogP contribution in [0, 0.1) is 5.41 Å². The topological polar surface area (TPSA) is 36.3 Å². The van der Waals surface area contributed by atoms with Gasteiger partial charge in [0.05, 0.1) is 25.6 Å². The number of imidazole rings is 1. The van der Waals surface area contributed by atoms with Crippen molar-refractivity contribution < 1.29 is 9.47 Å². The Morgan fingerprint density at radius 1 is 1.26 bits per heavy atom. The second-order valence-corrected chi connectivity index (χ2v) is 7.41. The molecule has 0 radical (unpaired) electrons. The van der Waals surface area contributed by atoms with E-state index >= 15 is 0 Å². The molecule has 1 aliphatic heterocycles. The first kappa shape index (κ1) is 16.2. The average molecular weight is 314 g/mol. The molecule has 4 heteroatoms. The average Bonchev–Trinajstić information content (AvgIpc) is 3.17. The van der Waals surface area contributed by atoms with Crippen molar-refractivity contribution in [1.29, 1.82) is 0 Å². The van der Waals surface area contributed by atoms with E-state index in [-0.39, 0.29) is 11.5 Å². The van der Waals surface area contributed by atoms with Gasteiger partial charge in [-0.3, -0.25) is 0 Å². The fourth-order valence-corrected chi connectivity index (χ4v) is 2.91. The quantitative estimate of drug-likeness (QED) is 0.845. The predicted octanol–water partition coefficient (Wildman–Crippen LogP) is 3.67. The van der Waals surface area contributed by atoms with Crippen molar-refractivity contribution >= 4 is 0 Å². The Morgan fingerprint density at radius 2 is 2.04 bits per heavy atom. The molecule has 2 unspecified atom stereocenters. The molecule has 4 nitrogen and oxygen atoms in total. The Bertz CT molecular complexity index is 604. The van der Waals surface area contributed by atoms with Gasteiger partial charge in [0.15, 0.2) is 5.79 Å². The molecular weight excluding hydrogens is 288 g/mol. The zero-order chi connectivity index (χ0) is 16.3. The number of ether oxygens (including phenoxy) is 2. The minimum atomic E-state index is -0.575. The van der Waals surface area contributed by atoms with Crippen molar-refractivity contribution in [3.05, 3.63) is 54.6 Å². The standard InChI is InChI=1S/C19H26N2O2/c1-18(2,3)17-13-22-19(23-17,14-21-12-11-20-15-21)10-9-16-7-5-4-6-8-16/h4-8,11-12,15,17H,9-10,13-14H2,1-3H3. The zero-order valence-electron chi connectivity index (χ0n) is 14.2. The number of aryl methyl sites for hydroxylation is 1. The Hall–Kier alpha value is -1.65. The smallest absolute Gasteiger partial charge is 0.187 e. The molecule has 0 aliphatic carbocycles. The molecule has 124 valence electrons. The lowest BCUT2D eigenvalue weighted by molar-refractivity contribution is -0.191. The summed E-state index contributed by atoms with van der Waals surface area (Å²) in [6.07, 6.45) is 7.46. The highest BCUT2D eigenvalue weighted by molar-refractivity contribution is 5.15. The fourth-order valence-electron chi connectivity index (χ4n) is 2.91. The van der Waals surface area contributed by atoms with Crippen LogP contribution >= 0.6 is 0 Å². The molecule has 1 aromatic carbocycles. The van der Waals surface area contributed by atoms with Gasteiger partial charge < -0.3 is 14.0 Å². The Kier molecular flexibility index (Phi) is 4.55. The normalized spacial score (nSPS) is 24.9. The minimum Gasteiger partial charge on any atom is -0.345 e. The van der Waals surface area contributed by atoms with E-state index in [0.29, 0.717) is 13.2 Å². The summed E-state index contributed by atoms with van der Waals surface area (Å²) in [6.45, 7) is 7.92. The highest BCUT2D eigenvalue weighted by atomic mass is 16.7. The number of nitrogens with zero attached hydrogens (tertiary/aromatic N) is 2. The van der Waals surface area contributed by atoms with E-state index in [9.17, 15) is 0 Å². The van der Waals surface area contributed by atoms with Crippen molar-refractivity contribution in [1.82, 2.24) is 9.55 Å². The molecule has 2 heterocycles. The van der Waals surface area contributed by atoms with Crippen LogP contribution < -0.4 is 0 Å². The van der Waals surface area contributed by atoms with E-state index in [2.05, 4.69) is 50.0 Å². The van der Waals surface area contributed by atoms with Gasteiger partial charge in [0, 0.05) is 18.8 Å². The maximum atomic E-state index is 6.44. The lowest BCUT2D eigenvalue weighted by atomic mass is 9.90. The van der Waals surface area contributed by atoms with Gasteiger partial charge in [0.1, 0.15) is 0 Å². The van der Waals surface area contributed by atoms with Crippen molar-refractivity contribution in [3.8, 4) is 0 Å². The molecular formula is C19H26N2O2. The van der Waals surface area contributed by atoms with Crippen molar-refractivity contribution in [2.75, 3.05) is 6.61 Å². The summed E-state index contributed by atoms with van der Waals surface area (Å²) in [4.78, 5) is 4.13. The first-order valence-electron chi connectivity index (χ1n) is 8.28. The summed E-state index contributed by atoms with van der Waals surface area (Å²) < 4.78 is 14.7. The van der Waals surface area contributed by atoms with Gasteiger partial charge in [0.25, 0.3) is 0 Å². The van der Waals surface area contributed by atoms with Crippen LogP contribution in [0.3, 0.4) is 0 Å². The van der Waals surface area contributed by atoms with E-state index in [0.717, 1.165) is 12.8 Å². The molecule has 0 bridgehead atoms. The molecule has 23 heavy (non-hydrogen) atoms. The molecule has 1 fully saturated rings. The van der Waals surface area contributed by atoms with Crippen LogP contribution in [0.4, 0.5) is 0 Å². The SMILES string of the molecule is CC(C)(C)C1COC(CCc2ccccc2)(Cn2ccnc2)O1. The van der Waals surface area contributed by atoms with E-state index in [1.807, 2.05) is 23.2 Å². The molecule has 3 rings (SSSR count). The molecule has 1 aromatic heterocycles. The zero-order valence-corrected chi connectivity index (χ0v) is 14.2. The number of aromatic nitrogens is 2. The third kappa shape index (κ3) is 4.01. The van der Waals surface area contributed by atoms with Crippen molar-refractivity contribution in [2.24, 2.45) is 5.41 Å². The Balaban J connectivity index is 1.74. The second-order valence-electron chi connectivity index (χ2n) is 7.41. The van der Waals surface area contributed by atoms with Crippen LogP contribution in [0.2, 0.25) is 0 Å². The molecule has 0 N–H and O–H groups in total. The van der Waals surface area contributed by atoms with Crippen LogP contribution in [0.1, 0.15) is 32.8 Å². The number of hydrogen-bond donors (Lipinski definition) is 0. The molecule has 1 aliphatic rings. The van der Waals surface area contributed by atoms with E-state index in [1.54, 1.807) is 6.20 Å². The lowest BCUT2D eigenvalue weighted by Crippen LogP contribution is -2.38. The van der Waals surface area contributed by atoms with Crippen molar-refractivity contribution in [2.45, 2.75) is 52.0 Å². The van der Waals surface area contributed by atoms with E-state index in [1.165, 1.54) is 5.56 Å². The van der Waals surface area contributed by atoms with Gasteiger partial charge >= 0.3 is 0 Å².